The zero-order valence-electron chi connectivity index (χ0n) is 13.1. The van der Waals surface area contributed by atoms with Crippen molar-refractivity contribution in [1.82, 2.24) is 0 Å². The van der Waals surface area contributed by atoms with Gasteiger partial charge >= 0.3 is 5.97 Å². The van der Waals surface area contributed by atoms with Crippen molar-refractivity contribution in [2.75, 3.05) is 0 Å². The summed E-state index contributed by atoms with van der Waals surface area (Å²) < 4.78 is 11.3. The fourth-order valence-corrected chi connectivity index (χ4v) is 1.76. The summed E-state index contributed by atoms with van der Waals surface area (Å²) in [5, 5.41) is 0. The van der Waals surface area contributed by atoms with E-state index in [1.54, 1.807) is 0 Å². The van der Waals surface area contributed by atoms with Gasteiger partial charge in [-0.3, -0.25) is 4.79 Å². The van der Waals surface area contributed by atoms with E-state index >= 15 is 0 Å². The third kappa shape index (κ3) is 10.6. The molecule has 1 unspecified atom stereocenters. The van der Waals surface area contributed by atoms with Crippen molar-refractivity contribution in [2.24, 2.45) is 0 Å². The Morgan fingerprint density at radius 2 is 1.56 bits per heavy atom. The molecule has 0 aromatic rings. The summed E-state index contributed by atoms with van der Waals surface area (Å²) in [4.78, 5) is 11.7. The lowest BCUT2D eigenvalue weighted by molar-refractivity contribution is -0.156. The minimum atomic E-state index is -0.401. The van der Waals surface area contributed by atoms with E-state index in [1.165, 1.54) is 0 Å². The normalized spacial score (nSPS) is 14.4. The monoisotopic (exact) mass is 258 g/mol. The maximum absolute atomic E-state index is 11.7. The quantitative estimate of drug-likeness (QED) is 0.673. The van der Waals surface area contributed by atoms with Crippen LogP contribution >= 0.6 is 0 Å². The van der Waals surface area contributed by atoms with Gasteiger partial charge in [0.15, 0.2) is 0 Å². The molecule has 0 aliphatic heterocycles. The molecule has 0 N–H and O–H groups in total. The predicted octanol–water partition coefficient (Wildman–Crippen LogP) is 4.09. The van der Waals surface area contributed by atoms with Gasteiger partial charge in [0.25, 0.3) is 0 Å². The topological polar surface area (TPSA) is 35.5 Å². The molecule has 0 saturated carbocycles. The molecule has 3 nitrogen and oxygen atoms in total. The minimum Gasteiger partial charge on any atom is -0.460 e. The van der Waals surface area contributed by atoms with Crippen molar-refractivity contribution in [1.29, 1.82) is 0 Å². The molecule has 18 heavy (non-hydrogen) atoms. The first kappa shape index (κ1) is 17.4. The summed E-state index contributed by atoms with van der Waals surface area (Å²) in [6.45, 7) is 13.9. The van der Waals surface area contributed by atoms with Crippen LogP contribution in [0.15, 0.2) is 0 Å². The van der Waals surface area contributed by atoms with Gasteiger partial charge in [-0.25, -0.2) is 0 Å². The van der Waals surface area contributed by atoms with Crippen LogP contribution in [0.2, 0.25) is 0 Å². The van der Waals surface area contributed by atoms with Crippen LogP contribution in [0.3, 0.4) is 0 Å². The molecule has 0 aromatic carbocycles. The summed E-state index contributed by atoms with van der Waals surface area (Å²) in [6, 6.07) is 0. The van der Waals surface area contributed by atoms with Gasteiger partial charge < -0.3 is 9.47 Å². The average molecular weight is 258 g/mol. The van der Waals surface area contributed by atoms with Crippen molar-refractivity contribution in [3.8, 4) is 0 Å². The Hall–Kier alpha value is -0.570. The maximum atomic E-state index is 11.7. The third-order valence-corrected chi connectivity index (χ3v) is 2.22. The molecule has 0 radical (unpaired) electrons. The van der Waals surface area contributed by atoms with Gasteiger partial charge in [-0.1, -0.05) is 13.3 Å². The first-order chi connectivity index (χ1) is 8.03. The predicted molar refractivity (Wildman–Crippen MR) is 74.6 cm³/mol. The molecule has 0 fully saturated rings. The number of hydrogen-bond donors (Lipinski definition) is 0. The third-order valence-electron chi connectivity index (χ3n) is 2.22. The van der Waals surface area contributed by atoms with E-state index in [9.17, 15) is 4.79 Å². The fourth-order valence-electron chi connectivity index (χ4n) is 1.76. The average Bonchev–Trinajstić information content (AvgIpc) is 2.09. The summed E-state index contributed by atoms with van der Waals surface area (Å²) in [6.07, 6.45) is 3.36. The lowest BCUT2D eigenvalue weighted by atomic mass is 10.1. The molecule has 0 bridgehead atoms. The number of carbonyl (C=O) groups is 1. The molecule has 0 amide bonds. The van der Waals surface area contributed by atoms with E-state index in [0.717, 1.165) is 19.3 Å². The molecular weight excluding hydrogens is 228 g/mol. The lowest BCUT2D eigenvalue weighted by Crippen LogP contribution is -2.29. The lowest BCUT2D eigenvalue weighted by Gasteiger charge is -2.28. The van der Waals surface area contributed by atoms with E-state index in [1.807, 2.05) is 41.5 Å². The molecule has 0 aliphatic rings. The van der Waals surface area contributed by atoms with E-state index in [0.29, 0.717) is 6.42 Å². The van der Waals surface area contributed by atoms with Crippen LogP contribution in [-0.4, -0.2) is 23.3 Å². The molecule has 0 heterocycles. The zero-order chi connectivity index (χ0) is 14.4. The second kappa shape index (κ2) is 7.13. The molecule has 0 aromatic heterocycles. The number of ether oxygens (including phenoxy) is 2. The number of hydrogen-bond acceptors (Lipinski definition) is 3. The highest BCUT2D eigenvalue weighted by Gasteiger charge is 2.21. The van der Waals surface area contributed by atoms with Gasteiger partial charge in [0.1, 0.15) is 5.60 Å². The summed E-state index contributed by atoms with van der Waals surface area (Å²) in [5.41, 5.74) is -0.560. The molecular formula is C15H30O3. The van der Waals surface area contributed by atoms with Gasteiger partial charge in [0.05, 0.1) is 11.7 Å². The van der Waals surface area contributed by atoms with Crippen LogP contribution in [0.4, 0.5) is 0 Å². The highest BCUT2D eigenvalue weighted by atomic mass is 16.6. The molecule has 108 valence electrons. The van der Waals surface area contributed by atoms with Gasteiger partial charge in [-0.15, -0.1) is 0 Å². The first-order valence-corrected chi connectivity index (χ1v) is 6.93. The van der Waals surface area contributed by atoms with Gasteiger partial charge in [-0.05, 0) is 54.4 Å². The van der Waals surface area contributed by atoms with Crippen LogP contribution in [0.1, 0.15) is 74.1 Å². The van der Waals surface area contributed by atoms with Crippen molar-refractivity contribution in [3.05, 3.63) is 0 Å². The Morgan fingerprint density at radius 1 is 1.00 bits per heavy atom. The van der Waals surface area contributed by atoms with Crippen LogP contribution in [-0.2, 0) is 14.3 Å². The molecule has 3 heteroatoms. The van der Waals surface area contributed by atoms with Gasteiger partial charge in [0.2, 0.25) is 0 Å². The Balaban J connectivity index is 4.15. The zero-order valence-corrected chi connectivity index (χ0v) is 13.1. The van der Waals surface area contributed by atoms with Crippen molar-refractivity contribution < 1.29 is 14.3 Å². The molecule has 0 saturated heterocycles. The van der Waals surface area contributed by atoms with E-state index < -0.39 is 5.60 Å². The number of esters is 1. The largest absolute Gasteiger partial charge is 0.460 e. The van der Waals surface area contributed by atoms with Gasteiger partial charge in [-0.2, -0.15) is 0 Å². The molecule has 0 aliphatic carbocycles. The number of carbonyl (C=O) groups excluding carboxylic acids is 1. The van der Waals surface area contributed by atoms with Crippen LogP contribution in [0.5, 0.6) is 0 Å². The van der Waals surface area contributed by atoms with Crippen molar-refractivity contribution in [3.63, 3.8) is 0 Å². The van der Waals surface area contributed by atoms with Crippen LogP contribution < -0.4 is 0 Å². The van der Waals surface area contributed by atoms with E-state index in [2.05, 4.69) is 6.92 Å². The Kier molecular flexibility index (Phi) is 6.90. The minimum absolute atomic E-state index is 0.138. The standard InChI is InChI=1S/C15H30O3/c1-8-9-12(17-14(2,3)4)10-11-13(16)18-15(5,6)7/h12H,8-11H2,1-7H3. The summed E-state index contributed by atoms with van der Waals surface area (Å²) in [7, 11) is 0. The Labute approximate surface area is 112 Å². The van der Waals surface area contributed by atoms with E-state index in [-0.39, 0.29) is 17.7 Å². The molecule has 1 atom stereocenters. The SMILES string of the molecule is CCCC(CCC(=O)OC(C)(C)C)OC(C)(C)C. The maximum Gasteiger partial charge on any atom is 0.306 e. The number of rotatable bonds is 6. The van der Waals surface area contributed by atoms with Crippen LogP contribution in [0.25, 0.3) is 0 Å². The first-order valence-electron chi connectivity index (χ1n) is 6.93. The fraction of sp³-hybridized carbons (Fsp3) is 0.933. The molecule has 0 rings (SSSR count). The highest BCUT2D eigenvalue weighted by Crippen LogP contribution is 2.19. The second-order valence-corrected chi connectivity index (χ2v) is 6.77. The second-order valence-electron chi connectivity index (χ2n) is 6.77. The summed E-state index contributed by atoms with van der Waals surface area (Å²) >= 11 is 0. The molecule has 0 spiro atoms. The van der Waals surface area contributed by atoms with Crippen LogP contribution in [0, 0.1) is 0 Å². The van der Waals surface area contributed by atoms with Crippen molar-refractivity contribution in [2.45, 2.75) is 91.5 Å². The summed E-state index contributed by atoms with van der Waals surface area (Å²) in [5.74, 6) is -0.138. The van der Waals surface area contributed by atoms with Gasteiger partial charge in [0, 0.05) is 6.42 Å². The van der Waals surface area contributed by atoms with Crippen molar-refractivity contribution >= 4 is 5.97 Å². The highest BCUT2D eigenvalue weighted by molar-refractivity contribution is 5.69. The Bertz CT molecular complexity index is 245. The Morgan fingerprint density at radius 3 is 1.94 bits per heavy atom. The van der Waals surface area contributed by atoms with E-state index in [4.69, 9.17) is 9.47 Å². The smallest absolute Gasteiger partial charge is 0.306 e.